The second-order valence-corrected chi connectivity index (χ2v) is 2.39. The minimum absolute atomic E-state index is 0.0667. The van der Waals surface area contributed by atoms with E-state index in [9.17, 15) is 4.39 Å². The fourth-order valence-corrected chi connectivity index (χ4v) is 0.773. The maximum absolute atomic E-state index is 13.1. The molecular formula is C10H15FO2. The number of aliphatic hydroxyl groups is 1. The molecule has 0 saturated carbocycles. The van der Waals surface area contributed by atoms with Crippen molar-refractivity contribution in [3.05, 3.63) is 36.4 Å². The van der Waals surface area contributed by atoms with Crippen LogP contribution in [-0.4, -0.2) is 18.8 Å². The highest BCUT2D eigenvalue weighted by atomic mass is 19.1. The quantitative estimate of drug-likeness (QED) is 0.392. The minimum Gasteiger partial charge on any atom is -0.494 e. The van der Waals surface area contributed by atoms with Gasteiger partial charge < -0.3 is 9.84 Å². The fraction of sp³-hybridized carbons (Fsp3) is 0.400. The number of aliphatic hydroxyl groups excluding tert-OH is 1. The van der Waals surface area contributed by atoms with Gasteiger partial charge in [-0.05, 0) is 25.0 Å². The van der Waals surface area contributed by atoms with E-state index in [1.165, 1.54) is 25.3 Å². The topological polar surface area (TPSA) is 29.5 Å². The predicted octanol–water partition coefficient (Wildman–Crippen LogP) is 2.33. The summed E-state index contributed by atoms with van der Waals surface area (Å²) < 4.78 is 17.9. The van der Waals surface area contributed by atoms with Crippen LogP contribution in [0.25, 0.3) is 0 Å². The van der Waals surface area contributed by atoms with Crippen molar-refractivity contribution < 1.29 is 14.2 Å². The third-order valence-corrected chi connectivity index (χ3v) is 1.41. The molecule has 74 valence electrons. The average Bonchev–Trinajstić information content (AvgIpc) is 2.14. The van der Waals surface area contributed by atoms with Gasteiger partial charge in [-0.1, -0.05) is 12.7 Å². The molecule has 0 rings (SSSR count). The van der Waals surface area contributed by atoms with E-state index in [1.807, 2.05) is 0 Å². The van der Waals surface area contributed by atoms with E-state index in [0.29, 0.717) is 12.8 Å². The molecule has 1 N–H and O–H groups in total. The fourth-order valence-electron chi connectivity index (χ4n) is 0.773. The Morgan fingerprint density at radius 3 is 2.77 bits per heavy atom. The van der Waals surface area contributed by atoms with E-state index < -0.39 is 5.83 Å². The molecule has 0 unspecified atom stereocenters. The Morgan fingerprint density at radius 1 is 1.62 bits per heavy atom. The van der Waals surface area contributed by atoms with E-state index in [4.69, 9.17) is 9.84 Å². The normalized spacial score (nSPS) is 12.8. The Balaban J connectivity index is 4.18. The number of allylic oxidation sites excluding steroid dienone is 4. The standard InChI is InChI=1S/C10H15FO2/c1-3-6-10(13-2)9(11)7-4-5-8-12/h3,6-7,12H,1,4-5,8H2,2H3/b9-7+,10-6+. The Morgan fingerprint density at radius 2 is 2.31 bits per heavy atom. The van der Waals surface area contributed by atoms with Crippen LogP contribution in [0.5, 0.6) is 0 Å². The van der Waals surface area contributed by atoms with Crippen molar-refractivity contribution in [3.63, 3.8) is 0 Å². The summed E-state index contributed by atoms with van der Waals surface area (Å²) in [6.45, 7) is 3.50. The SMILES string of the molecule is C=C/C=C(OC)\C(F)=C/CCCO. The van der Waals surface area contributed by atoms with E-state index in [2.05, 4.69) is 6.58 Å². The van der Waals surface area contributed by atoms with Crippen LogP contribution < -0.4 is 0 Å². The molecule has 0 bridgehead atoms. The molecule has 0 aliphatic carbocycles. The van der Waals surface area contributed by atoms with Crippen molar-refractivity contribution >= 4 is 0 Å². The van der Waals surface area contributed by atoms with Crippen molar-refractivity contribution in [3.8, 4) is 0 Å². The van der Waals surface area contributed by atoms with Crippen molar-refractivity contribution in [1.29, 1.82) is 0 Å². The van der Waals surface area contributed by atoms with Crippen molar-refractivity contribution in [1.82, 2.24) is 0 Å². The maximum Gasteiger partial charge on any atom is 0.161 e. The number of ether oxygens (including phenoxy) is 1. The Labute approximate surface area is 78.0 Å². The van der Waals surface area contributed by atoms with Gasteiger partial charge in [0.2, 0.25) is 0 Å². The molecule has 0 aliphatic rings. The number of hydrogen-bond donors (Lipinski definition) is 1. The molecule has 2 nitrogen and oxygen atoms in total. The van der Waals surface area contributed by atoms with Crippen LogP contribution in [0.3, 0.4) is 0 Å². The number of halogens is 1. The average molecular weight is 186 g/mol. The van der Waals surface area contributed by atoms with Crippen molar-refractivity contribution in [2.75, 3.05) is 13.7 Å². The summed E-state index contributed by atoms with van der Waals surface area (Å²) >= 11 is 0. The molecule has 0 atom stereocenters. The van der Waals surface area contributed by atoms with Crippen LogP contribution in [-0.2, 0) is 4.74 Å². The molecule has 0 amide bonds. The maximum atomic E-state index is 13.1. The van der Waals surface area contributed by atoms with Crippen LogP contribution in [0.1, 0.15) is 12.8 Å². The lowest BCUT2D eigenvalue weighted by Crippen LogP contribution is -1.88. The Hall–Kier alpha value is -1.09. The predicted molar refractivity (Wildman–Crippen MR) is 50.8 cm³/mol. The van der Waals surface area contributed by atoms with Crippen LogP contribution >= 0.6 is 0 Å². The smallest absolute Gasteiger partial charge is 0.161 e. The van der Waals surface area contributed by atoms with Gasteiger partial charge in [0.05, 0.1) is 7.11 Å². The first-order valence-electron chi connectivity index (χ1n) is 4.09. The van der Waals surface area contributed by atoms with Crippen molar-refractivity contribution in [2.45, 2.75) is 12.8 Å². The Bertz CT molecular complexity index is 207. The Kier molecular flexibility index (Phi) is 6.92. The van der Waals surface area contributed by atoms with Gasteiger partial charge in [-0.2, -0.15) is 0 Å². The van der Waals surface area contributed by atoms with Gasteiger partial charge in [-0.3, -0.25) is 0 Å². The zero-order valence-corrected chi connectivity index (χ0v) is 7.79. The molecule has 0 fully saturated rings. The zero-order chi connectivity index (χ0) is 10.1. The molecule has 0 saturated heterocycles. The van der Waals surface area contributed by atoms with E-state index in [-0.39, 0.29) is 12.4 Å². The second-order valence-electron chi connectivity index (χ2n) is 2.39. The van der Waals surface area contributed by atoms with Gasteiger partial charge in [0.25, 0.3) is 0 Å². The lowest BCUT2D eigenvalue weighted by molar-refractivity contribution is 0.280. The lowest BCUT2D eigenvalue weighted by atomic mass is 10.2. The van der Waals surface area contributed by atoms with Crippen LogP contribution in [0, 0.1) is 0 Å². The van der Waals surface area contributed by atoms with Crippen LogP contribution in [0.2, 0.25) is 0 Å². The molecular weight excluding hydrogens is 171 g/mol. The van der Waals surface area contributed by atoms with E-state index in [0.717, 1.165) is 0 Å². The summed E-state index contributed by atoms with van der Waals surface area (Å²) in [5.74, 6) is -0.260. The molecule has 0 aromatic heterocycles. The molecule has 13 heavy (non-hydrogen) atoms. The number of rotatable bonds is 6. The number of hydrogen-bond acceptors (Lipinski definition) is 2. The number of methoxy groups -OCH3 is 1. The summed E-state index contributed by atoms with van der Waals surface area (Å²) in [6, 6.07) is 0. The third kappa shape index (κ3) is 5.20. The minimum atomic E-state index is -0.421. The molecule has 0 radical (unpaired) electrons. The first-order valence-corrected chi connectivity index (χ1v) is 4.09. The molecule has 0 aromatic rings. The van der Waals surface area contributed by atoms with Gasteiger partial charge in [-0.15, -0.1) is 0 Å². The molecule has 0 aliphatic heterocycles. The molecule has 3 heteroatoms. The summed E-state index contributed by atoms with van der Waals surface area (Å²) in [5.41, 5.74) is 0. The van der Waals surface area contributed by atoms with Gasteiger partial charge in [-0.25, -0.2) is 4.39 Å². The highest BCUT2D eigenvalue weighted by Crippen LogP contribution is 2.13. The van der Waals surface area contributed by atoms with Crippen LogP contribution in [0.4, 0.5) is 4.39 Å². The summed E-state index contributed by atoms with van der Waals surface area (Å²) in [6.07, 6.45) is 5.34. The molecule has 0 aromatic carbocycles. The summed E-state index contributed by atoms with van der Waals surface area (Å²) in [4.78, 5) is 0. The molecule has 0 heterocycles. The zero-order valence-electron chi connectivity index (χ0n) is 7.79. The lowest BCUT2D eigenvalue weighted by Gasteiger charge is -2.01. The van der Waals surface area contributed by atoms with Crippen molar-refractivity contribution in [2.24, 2.45) is 0 Å². The van der Waals surface area contributed by atoms with E-state index in [1.54, 1.807) is 0 Å². The number of unbranched alkanes of at least 4 members (excludes halogenated alkanes) is 1. The second kappa shape index (κ2) is 7.55. The summed E-state index contributed by atoms with van der Waals surface area (Å²) in [5, 5.41) is 8.46. The first kappa shape index (κ1) is 11.9. The monoisotopic (exact) mass is 186 g/mol. The highest BCUT2D eigenvalue weighted by molar-refractivity contribution is 5.22. The van der Waals surface area contributed by atoms with Crippen LogP contribution in [0.15, 0.2) is 36.4 Å². The molecule has 0 spiro atoms. The first-order chi connectivity index (χ1) is 6.26. The van der Waals surface area contributed by atoms with Gasteiger partial charge in [0.15, 0.2) is 11.6 Å². The van der Waals surface area contributed by atoms with Gasteiger partial charge in [0, 0.05) is 6.61 Å². The largest absolute Gasteiger partial charge is 0.494 e. The highest BCUT2D eigenvalue weighted by Gasteiger charge is 2.01. The van der Waals surface area contributed by atoms with Gasteiger partial charge >= 0.3 is 0 Å². The van der Waals surface area contributed by atoms with E-state index >= 15 is 0 Å². The third-order valence-electron chi connectivity index (χ3n) is 1.41. The summed E-state index contributed by atoms with van der Waals surface area (Å²) in [7, 11) is 1.40. The van der Waals surface area contributed by atoms with Gasteiger partial charge in [0.1, 0.15) is 0 Å².